The van der Waals surface area contributed by atoms with Crippen LogP contribution < -0.4 is 0 Å². The molecule has 1 saturated carbocycles. The Kier molecular flexibility index (Phi) is 4.36. The van der Waals surface area contributed by atoms with E-state index in [-0.39, 0.29) is 6.10 Å². The van der Waals surface area contributed by atoms with Crippen LogP contribution in [0.15, 0.2) is 24.3 Å². The monoisotopic (exact) mass is 342 g/mol. The first kappa shape index (κ1) is 15.0. The molecule has 0 N–H and O–H groups in total. The van der Waals surface area contributed by atoms with Crippen LogP contribution in [0.3, 0.4) is 0 Å². The third-order valence-corrected chi connectivity index (χ3v) is 4.33. The summed E-state index contributed by atoms with van der Waals surface area (Å²) in [6.07, 6.45) is 2.10. The maximum atomic E-state index is 6.31. The molecule has 1 unspecified atom stereocenters. The van der Waals surface area contributed by atoms with Gasteiger partial charge in [-0.25, -0.2) is 9.97 Å². The highest BCUT2D eigenvalue weighted by atomic mass is 35.5. The molecule has 1 aliphatic carbocycles. The maximum Gasteiger partial charge on any atom is 0.160 e. The van der Waals surface area contributed by atoms with E-state index in [0.29, 0.717) is 32.6 Å². The van der Waals surface area contributed by atoms with Crippen molar-refractivity contribution in [3.63, 3.8) is 0 Å². The van der Waals surface area contributed by atoms with Crippen LogP contribution in [0.4, 0.5) is 0 Å². The molecule has 1 aromatic carbocycles. The van der Waals surface area contributed by atoms with E-state index >= 15 is 0 Å². The van der Waals surface area contributed by atoms with E-state index in [2.05, 4.69) is 9.97 Å². The second-order valence-electron chi connectivity index (χ2n) is 5.04. The van der Waals surface area contributed by atoms with Gasteiger partial charge >= 0.3 is 0 Å². The van der Waals surface area contributed by atoms with Crippen molar-refractivity contribution < 1.29 is 4.74 Å². The van der Waals surface area contributed by atoms with Crippen molar-refractivity contribution in [3.8, 4) is 11.1 Å². The fraction of sp³-hybridized carbons (Fsp3) is 0.333. The topological polar surface area (TPSA) is 35.0 Å². The molecular weight excluding hydrogens is 331 g/mol. The van der Waals surface area contributed by atoms with E-state index in [1.54, 1.807) is 19.2 Å². The average Bonchev–Trinajstić information content (AvgIpc) is 3.26. The molecule has 1 heterocycles. The summed E-state index contributed by atoms with van der Waals surface area (Å²) in [4.78, 5) is 8.75. The van der Waals surface area contributed by atoms with Gasteiger partial charge in [0.15, 0.2) is 5.82 Å². The zero-order valence-electron chi connectivity index (χ0n) is 11.3. The molecule has 110 valence electrons. The predicted molar refractivity (Wildman–Crippen MR) is 85.0 cm³/mol. The number of aromatic nitrogens is 2. The Labute approximate surface area is 138 Å². The number of hydrogen-bond acceptors (Lipinski definition) is 3. The minimum Gasteiger partial charge on any atom is -0.373 e. The second kappa shape index (κ2) is 6.09. The van der Waals surface area contributed by atoms with Gasteiger partial charge in [0.2, 0.25) is 0 Å². The normalized spacial score (nSPS) is 16.0. The Hall–Kier alpha value is -0.870. The number of halogens is 3. The van der Waals surface area contributed by atoms with E-state index in [0.717, 1.165) is 18.4 Å². The summed E-state index contributed by atoms with van der Waals surface area (Å²) in [6.45, 7) is 0. The summed E-state index contributed by atoms with van der Waals surface area (Å²) in [5, 5.41) is 1.31. The molecule has 0 bridgehead atoms. The Morgan fingerprint density at radius 2 is 1.62 bits per heavy atom. The van der Waals surface area contributed by atoms with Crippen molar-refractivity contribution in [3.05, 3.63) is 45.4 Å². The van der Waals surface area contributed by atoms with Gasteiger partial charge in [-0.15, -0.1) is 0 Å². The minimum absolute atomic E-state index is 0.140. The first-order valence-corrected chi connectivity index (χ1v) is 7.75. The molecule has 0 radical (unpaired) electrons. The lowest BCUT2D eigenvalue weighted by atomic mass is 10.1. The SMILES string of the molecule is COC(c1nc(Cl)c(-c2ccc(Cl)cc2)c(Cl)n1)C1CC1. The van der Waals surface area contributed by atoms with Crippen molar-refractivity contribution in [2.45, 2.75) is 18.9 Å². The second-order valence-corrected chi connectivity index (χ2v) is 6.19. The van der Waals surface area contributed by atoms with Crippen molar-refractivity contribution in [2.24, 2.45) is 5.92 Å². The van der Waals surface area contributed by atoms with Crippen LogP contribution in [0.25, 0.3) is 11.1 Å². The zero-order chi connectivity index (χ0) is 15.0. The molecule has 1 aliphatic rings. The van der Waals surface area contributed by atoms with Crippen LogP contribution in [0.2, 0.25) is 15.3 Å². The Morgan fingerprint density at radius 1 is 1.05 bits per heavy atom. The molecule has 21 heavy (non-hydrogen) atoms. The zero-order valence-corrected chi connectivity index (χ0v) is 13.6. The number of methoxy groups -OCH3 is 1. The lowest BCUT2D eigenvalue weighted by Crippen LogP contribution is -2.09. The standard InChI is InChI=1S/C15H13Cl3N2O/c1-21-12(9-2-3-9)15-19-13(17)11(14(18)20-15)8-4-6-10(16)7-5-8/h4-7,9,12H,2-3H2,1H3. The summed E-state index contributed by atoms with van der Waals surface area (Å²) in [6, 6.07) is 7.24. The highest BCUT2D eigenvalue weighted by molar-refractivity contribution is 6.37. The quantitative estimate of drug-likeness (QED) is 0.716. The summed E-state index contributed by atoms with van der Waals surface area (Å²) in [5.74, 6) is 1.01. The van der Waals surface area contributed by atoms with Crippen molar-refractivity contribution in [1.82, 2.24) is 9.97 Å². The molecule has 6 heteroatoms. The molecule has 1 fully saturated rings. The molecule has 1 aromatic heterocycles. The maximum absolute atomic E-state index is 6.31. The average molecular weight is 344 g/mol. The fourth-order valence-electron chi connectivity index (χ4n) is 2.31. The lowest BCUT2D eigenvalue weighted by molar-refractivity contribution is 0.0772. The molecular formula is C15H13Cl3N2O. The van der Waals surface area contributed by atoms with E-state index in [4.69, 9.17) is 39.5 Å². The molecule has 0 amide bonds. The summed E-state index contributed by atoms with van der Waals surface area (Å²) >= 11 is 18.5. The van der Waals surface area contributed by atoms with E-state index in [1.807, 2.05) is 12.1 Å². The molecule has 3 rings (SSSR count). The Morgan fingerprint density at radius 3 is 2.10 bits per heavy atom. The van der Waals surface area contributed by atoms with Gasteiger partial charge in [0, 0.05) is 12.1 Å². The Balaban J connectivity index is 2.01. The predicted octanol–water partition coefficient (Wildman–Crippen LogP) is 5.20. The van der Waals surface area contributed by atoms with Crippen LogP contribution in [-0.2, 0) is 4.74 Å². The van der Waals surface area contributed by atoms with Crippen molar-refractivity contribution in [2.75, 3.05) is 7.11 Å². The number of benzene rings is 1. The number of rotatable bonds is 4. The third-order valence-electron chi connectivity index (χ3n) is 3.53. The first-order valence-electron chi connectivity index (χ1n) is 6.62. The highest BCUT2D eigenvalue weighted by Crippen LogP contribution is 2.43. The van der Waals surface area contributed by atoms with Crippen molar-refractivity contribution >= 4 is 34.8 Å². The number of nitrogens with zero attached hydrogens (tertiary/aromatic N) is 2. The molecule has 0 spiro atoms. The highest BCUT2D eigenvalue weighted by Gasteiger charge is 2.35. The first-order chi connectivity index (χ1) is 10.1. The molecule has 0 saturated heterocycles. The van der Waals surface area contributed by atoms with E-state index in [9.17, 15) is 0 Å². The molecule has 2 aromatic rings. The summed E-state index contributed by atoms with van der Waals surface area (Å²) in [7, 11) is 1.65. The molecule has 0 aliphatic heterocycles. The van der Waals surface area contributed by atoms with Crippen LogP contribution in [0.5, 0.6) is 0 Å². The van der Waals surface area contributed by atoms with Gasteiger partial charge in [-0.1, -0.05) is 46.9 Å². The van der Waals surface area contributed by atoms with Crippen LogP contribution in [0, 0.1) is 5.92 Å². The lowest BCUT2D eigenvalue weighted by Gasteiger charge is -2.15. The minimum atomic E-state index is -0.140. The van der Waals surface area contributed by atoms with E-state index < -0.39 is 0 Å². The summed E-state index contributed by atoms with van der Waals surface area (Å²) < 4.78 is 5.47. The number of hydrogen-bond donors (Lipinski definition) is 0. The van der Waals surface area contributed by atoms with Gasteiger partial charge in [-0.3, -0.25) is 0 Å². The van der Waals surface area contributed by atoms with Crippen LogP contribution in [-0.4, -0.2) is 17.1 Å². The van der Waals surface area contributed by atoms with Crippen LogP contribution >= 0.6 is 34.8 Å². The fourth-order valence-corrected chi connectivity index (χ4v) is 3.06. The summed E-state index contributed by atoms with van der Waals surface area (Å²) in [5.41, 5.74) is 1.45. The van der Waals surface area contributed by atoms with Crippen molar-refractivity contribution in [1.29, 1.82) is 0 Å². The molecule has 3 nitrogen and oxygen atoms in total. The third kappa shape index (κ3) is 3.16. The smallest absolute Gasteiger partial charge is 0.160 e. The van der Waals surface area contributed by atoms with Gasteiger partial charge in [0.05, 0.1) is 5.56 Å². The molecule has 1 atom stereocenters. The van der Waals surface area contributed by atoms with Crippen LogP contribution in [0.1, 0.15) is 24.8 Å². The van der Waals surface area contributed by atoms with Gasteiger partial charge < -0.3 is 4.74 Å². The van der Waals surface area contributed by atoms with E-state index in [1.165, 1.54) is 0 Å². The van der Waals surface area contributed by atoms with Gasteiger partial charge in [-0.2, -0.15) is 0 Å². The largest absolute Gasteiger partial charge is 0.373 e. The van der Waals surface area contributed by atoms with Gasteiger partial charge in [0.1, 0.15) is 16.4 Å². The van der Waals surface area contributed by atoms with Gasteiger partial charge in [-0.05, 0) is 36.5 Å². The number of ether oxygens (including phenoxy) is 1. The Bertz CT molecular complexity index is 633. The van der Waals surface area contributed by atoms with Gasteiger partial charge in [0.25, 0.3) is 0 Å².